The zero-order chi connectivity index (χ0) is 18.1. The number of anilines is 1. The van der Waals surface area contributed by atoms with Gasteiger partial charge in [-0.25, -0.2) is 4.98 Å². The summed E-state index contributed by atoms with van der Waals surface area (Å²) in [6.45, 7) is 1.02. The van der Waals surface area contributed by atoms with Gasteiger partial charge in [-0.3, -0.25) is 4.57 Å². The van der Waals surface area contributed by atoms with E-state index >= 15 is 0 Å². The van der Waals surface area contributed by atoms with Crippen LogP contribution in [0.3, 0.4) is 0 Å². The molecule has 1 aromatic carbocycles. The third kappa shape index (κ3) is 3.30. The molecule has 1 fully saturated rings. The van der Waals surface area contributed by atoms with E-state index in [0.717, 1.165) is 24.8 Å². The predicted molar refractivity (Wildman–Crippen MR) is 94.6 cm³/mol. The number of hydrogen-bond acceptors (Lipinski definition) is 6. The molecular formula is C17H17ClFN5O2. The van der Waals surface area contributed by atoms with Crippen LogP contribution in [0.15, 0.2) is 24.5 Å². The standard InChI is InChI=1S/C17H17ClFN5O2/c18-11-7-10(4-5-12(11)25)8-20-15-14-16(23-17(19)22-15)24(9-21-14)13-3-1-2-6-26-13/h4-5,7,9,13,25H,1-3,6,8H2,(H,20,22,23). The van der Waals surface area contributed by atoms with Crippen molar-refractivity contribution in [2.45, 2.75) is 32.0 Å². The summed E-state index contributed by atoms with van der Waals surface area (Å²) in [5.41, 5.74) is 1.69. The van der Waals surface area contributed by atoms with Gasteiger partial charge in [0.15, 0.2) is 17.0 Å². The smallest absolute Gasteiger partial charge is 0.312 e. The van der Waals surface area contributed by atoms with E-state index in [1.165, 1.54) is 6.07 Å². The predicted octanol–water partition coefficient (Wildman–Crippen LogP) is 3.64. The maximum Gasteiger partial charge on any atom is 0.312 e. The number of hydrogen-bond donors (Lipinski definition) is 2. The van der Waals surface area contributed by atoms with E-state index < -0.39 is 6.08 Å². The van der Waals surface area contributed by atoms with Gasteiger partial charge in [0.1, 0.15) is 12.0 Å². The Balaban J connectivity index is 1.62. The molecule has 0 spiro atoms. The molecule has 2 N–H and O–H groups in total. The highest BCUT2D eigenvalue weighted by Crippen LogP contribution is 2.28. The maximum atomic E-state index is 14.0. The van der Waals surface area contributed by atoms with Crippen molar-refractivity contribution < 1.29 is 14.2 Å². The third-order valence-corrected chi connectivity index (χ3v) is 4.63. The van der Waals surface area contributed by atoms with Crippen LogP contribution in [0.4, 0.5) is 10.2 Å². The molecule has 0 saturated carbocycles. The molecule has 4 rings (SSSR count). The minimum absolute atomic E-state index is 0.0112. The largest absolute Gasteiger partial charge is 0.506 e. The van der Waals surface area contributed by atoms with E-state index in [4.69, 9.17) is 16.3 Å². The molecule has 1 atom stereocenters. The van der Waals surface area contributed by atoms with Gasteiger partial charge in [-0.2, -0.15) is 14.4 Å². The molecule has 3 heterocycles. The van der Waals surface area contributed by atoms with E-state index in [1.54, 1.807) is 23.0 Å². The van der Waals surface area contributed by atoms with Crippen LogP contribution in [0, 0.1) is 6.08 Å². The highest BCUT2D eigenvalue weighted by Gasteiger charge is 2.21. The van der Waals surface area contributed by atoms with E-state index in [0.29, 0.717) is 30.1 Å². The Kier molecular flexibility index (Phi) is 4.60. The lowest BCUT2D eigenvalue weighted by Gasteiger charge is -2.23. The minimum atomic E-state index is -0.832. The summed E-state index contributed by atoms with van der Waals surface area (Å²) in [6, 6.07) is 4.86. The van der Waals surface area contributed by atoms with Crippen LogP contribution in [0.2, 0.25) is 5.02 Å². The molecule has 136 valence electrons. The second-order valence-electron chi connectivity index (χ2n) is 6.13. The summed E-state index contributed by atoms with van der Waals surface area (Å²) < 4.78 is 21.5. The lowest BCUT2D eigenvalue weighted by molar-refractivity contribution is -0.0298. The molecule has 2 aromatic heterocycles. The second kappa shape index (κ2) is 7.05. The van der Waals surface area contributed by atoms with Crippen molar-refractivity contribution in [1.29, 1.82) is 0 Å². The van der Waals surface area contributed by atoms with Gasteiger partial charge in [0, 0.05) is 13.2 Å². The van der Waals surface area contributed by atoms with Crippen molar-refractivity contribution in [3.63, 3.8) is 0 Å². The third-order valence-electron chi connectivity index (χ3n) is 4.33. The molecule has 26 heavy (non-hydrogen) atoms. The van der Waals surface area contributed by atoms with Crippen molar-refractivity contribution in [1.82, 2.24) is 19.5 Å². The quantitative estimate of drug-likeness (QED) is 0.675. The molecule has 1 aliphatic heterocycles. The molecule has 3 aromatic rings. The number of halogens is 2. The number of benzene rings is 1. The van der Waals surface area contributed by atoms with Crippen molar-refractivity contribution in [2.24, 2.45) is 0 Å². The number of nitrogens with one attached hydrogen (secondary N) is 1. The van der Waals surface area contributed by atoms with Crippen LogP contribution < -0.4 is 5.32 Å². The van der Waals surface area contributed by atoms with Crippen LogP contribution in [-0.2, 0) is 11.3 Å². The van der Waals surface area contributed by atoms with Crippen LogP contribution in [0.25, 0.3) is 11.2 Å². The lowest BCUT2D eigenvalue weighted by Crippen LogP contribution is -2.18. The normalized spacial score (nSPS) is 17.5. The first kappa shape index (κ1) is 17.0. The number of fused-ring (bicyclic) bond motifs is 1. The summed E-state index contributed by atoms with van der Waals surface area (Å²) in [5.74, 6) is 0.309. The van der Waals surface area contributed by atoms with Gasteiger partial charge >= 0.3 is 6.08 Å². The number of aromatic hydroxyl groups is 1. The monoisotopic (exact) mass is 377 g/mol. The molecule has 0 aliphatic carbocycles. The number of aromatic nitrogens is 4. The van der Waals surface area contributed by atoms with Gasteiger partial charge in [0.25, 0.3) is 0 Å². The number of imidazole rings is 1. The highest BCUT2D eigenvalue weighted by atomic mass is 35.5. The van der Waals surface area contributed by atoms with E-state index in [2.05, 4.69) is 20.3 Å². The Labute approximate surface area is 153 Å². The molecular weight excluding hydrogens is 361 g/mol. The summed E-state index contributed by atoms with van der Waals surface area (Å²) in [7, 11) is 0. The van der Waals surface area contributed by atoms with Gasteiger partial charge in [-0.1, -0.05) is 17.7 Å². The fraction of sp³-hybridized carbons (Fsp3) is 0.353. The molecule has 7 nitrogen and oxygen atoms in total. The summed E-state index contributed by atoms with van der Waals surface area (Å²) in [6.07, 6.45) is 3.50. The molecule has 9 heteroatoms. The lowest BCUT2D eigenvalue weighted by atomic mass is 10.2. The van der Waals surface area contributed by atoms with Crippen LogP contribution in [0.1, 0.15) is 31.1 Å². The maximum absolute atomic E-state index is 14.0. The first-order chi connectivity index (χ1) is 12.6. The van der Waals surface area contributed by atoms with E-state index in [1.807, 2.05) is 0 Å². The van der Waals surface area contributed by atoms with Gasteiger partial charge < -0.3 is 15.2 Å². The highest BCUT2D eigenvalue weighted by molar-refractivity contribution is 6.32. The van der Waals surface area contributed by atoms with Crippen LogP contribution in [0.5, 0.6) is 5.75 Å². The number of phenolic OH excluding ortho intramolecular Hbond substituents is 1. The van der Waals surface area contributed by atoms with Gasteiger partial charge in [0.2, 0.25) is 0 Å². The Morgan fingerprint density at radius 2 is 2.23 bits per heavy atom. The Morgan fingerprint density at radius 3 is 3.00 bits per heavy atom. The molecule has 0 amide bonds. The van der Waals surface area contributed by atoms with Crippen molar-refractivity contribution in [3.8, 4) is 5.75 Å². The Morgan fingerprint density at radius 1 is 1.35 bits per heavy atom. The molecule has 1 unspecified atom stereocenters. The SMILES string of the molecule is Oc1ccc(CNc2nc(F)nc3c2ncn3C2CCCCO2)cc1Cl. The second-order valence-corrected chi connectivity index (χ2v) is 6.53. The van der Waals surface area contributed by atoms with Crippen molar-refractivity contribution in [3.05, 3.63) is 41.2 Å². The topological polar surface area (TPSA) is 85.1 Å². The van der Waals surface area contributed by atoms with Gasteiger partial charge in [-0.05, 0) is 37.0 Å². The average Bonchev–Trinajstić information content (AvgIpc) is 3.07. The molecule has 0 radical (unpaired) electrons. The van der Waals surface area contributed by atoms with Gasteiger partial charge in [-0.15, -0.1) is 0 Å². The number of phenols is 1. The zero-order valence-electron chi connectivity index (χ0n) is 13.8. The van der Waals surface area contributed by atoms with Crippen molar-refractivity contribution in [2.75, 3.05) is 11.9 Å². The molecule has 0 bridgehead atoms. The first-order valence-electron chi connectivity index (χ1n) is 8.35. The first-order valence-corrected chi connectivity index (χ1v) is 8.72. The van der Waals surface area contributed by atoms with Gasteiger partial charge in [0.05, 0.1) is 11.3 Å². The van der Waals surface area contributed by atoms with E-state index in [-0.39, 0.29) is 17.0 Å². The van der Waals surface area contributed by atoms with E-state index in [9.17, 15) is 9.50 Å². The Bertz CT molecular complexity index is 942. The average molecular weight is 378 g/mol. The summed E-state index contributed by atoms with van der Waals surface area (Å²) >= 11 is 5.91. The molecule has 1 saturated heterocycles. The summed E-state index contributed by atoms with van der Waals surface area (Å²) in [5, 5.41) is 12.8. The summed E-state index contributed by atoms with van der Waals surface area (Å²) in [4.78, 5) is 12.1. The number of ether oxygens (including phenoxy) is 1. The fourth-order valence-corrected chi connectivity index (χ4v) is 3.22. The van der Waals surface area contributed by atoms with Crippen LogP contribution >= 0.6 is 11.6 Å². The van der Waals surface area contributed by atoms with Crippen molar-refractivity contribution >= 4 is 28.6 Å². The van der Waals surface area contributed by atoms with Crippen LogP contribution in [-0.4, -0.2) is 31.2 Å². The number of nitrogens with zero attached hydrogens (tertiary/aromatic N) is 4. The fourth-order valence-electron chi connectivity index (χ4n) is 3.01. The Hall–Kier alpha value is -2.45. The number of rotatable bonds is 4. The zero-order valence-corrected chi connectivity index (χ0v) is 14.6. The minimum Gasteiger partial charge on any atom is -0.506 e. The molecule has 1 aliphatic rings.